The summed E-state index contributed by atoms with van der Waals surface area (Å²) in [5, 5.41) is 11.4. The molecule has 2 N–H and O–H groups in total. The van der Waals surface area contributed by atoms with Gasteiger partial charge in [-0.15, -0.1) is 0 Å². The molecular weight excluding hydrogens is 270 g/mol. The van der Waals surface area contributed by atoms with Crippen LogP contribution in [0.5, 0.6) is 0 Å². The Morgan fingerprint density at radius 1 is 1.00 bits per heavy atom. The van der Waals surface area contributed by atoms with Crippen LogP contribution in [0, 0.1) is 5.92 Å². The quantitative estimate of drug-likeness (QED) is 0.618. The van der Waals surface area contributed by atoms with Crippen molar-refractivity contribution in [3.63, 3.8) is 0 Å². The molecule has 0 fully saturated rings. The van der Waals surface area contributed by atoms with Crippen molar-refractivity contribution in [1.29, 1.82) is 0 Å². The molecule has 0 heterocycles. The largest absolute Gasteiger partial charge is 0.478 e. The standard InChI is InChI=1S/C12H19NO7/c1-6(2)5-13-11(16)9(19-7(3)14)10(12(17)18)20-8(4)15/h6,9-10H,5H2,1-4H3,(H,13,16)(H,17,18). The molecule has 0 saturated heterocycles. The zero-order chi connectivity index (χ0) is 15.9. The lowest BCUT2D eigenvalue weighted by atomic mass is 10.1. The van der Waals surface area contributed by atoms with E-state index >= 15 is 0 Å². The average Bonchev–Trinajstić information content (AvgIpc) is 2.29. The molecule has 0 aliphatic heterocycles. The van der Waals surface area contributed by atoms with Crippen molar-refractivity contribution >= 4 is 23.8 Å². The fourth-order valence-corrected chi connectivity index (χ4v) is 1.26. The summed E-state index contributed by atoms with van der Waals surface area (Å²) < 4.78 is 9.19. The van der Waals surface area contributed by atoms with Gasteiger partial charge in [-0.3, -0.25) is 14.4 Å². The summed E-state index contributed by atoms with van der Waals surface area (Å²) in [6, 6.07) is 0. The maximum Gasteiger partial charge on any atom is 0.349 e. The lowest BCUT2D eigenvalue weighted by molar-refractivity contribution is -0.180. The molecule has 0 aliphatic carbocycles. The minimum atomic E-state index is -1.89. The number of esters is 2. The molecule has 0 aromatic carbocycles. The maximum absolute atomic E-state index is 11.9. The van der Waals surface area contributed by atoms with Gasteiger partial charge in [0.15, 0.2) is 0 Å². The first-order valence-electron chi connectivity index (χ1n) is 6.00. The number of hydrogen-bond donors (Lipinski definition) is 2. The molecule has 0 bridgehead atoms. The van der Waals surface area contributed by atoms with Crippen LogP contribution in [0.3, 0.4) is 0 Å². The van der Waals surface area contributed by atoms with Crippen LogP contribution in [-0.2, 0) is 28.7 Å². The Morgan fingerprint density at radius 2 is 1.45 bits per heavy atom. The molecule has 0 rings (SSSR count). The molecule has 0 spiro atoms. The van der Waals surface area contributed by atoms with Crippen LogP contribution in [0.2, 0.25) is 0 Å². The van der Waals surface area contributed by atoms with Crippen LogP contribution in [0.4, 0.5) is 0 Å². The number of rotatable bonds is 7. The first-order chi connectivity index (χ1) is 9.15. The lowest BCUT2D eigenvalue weighted by Gasteiger charge is -2.22. The second-order valence-electron chi connectivity index (χ2n) is 4.54. The smallest absolute Gasteiger partial charge is 0.349 e. The molecule has 1 amide bonds. The summed E-state index contributed by atoms with van der Waals surface area (Å²) in [6.45, 7) is 5.95. The Balaban J connectivity index is 5.07. The number of carboxylic acids is 1. The van der Waals surface area contributed by atoms with E-state index in [1.165, 1.54) is 0 Å². The zero-order valence-corrected chi connectivity index (χ0v) is 11.8. The number of carbonyl (C=O) groups is 4. The van der Waals surface area contributed by atoms with E-state index < -0.39 is 36.0 Å². The van der Waals surface area contributed by atoms with Crippen molar-refractivity contribution in [1.82, 2.24) is 5.32 Å². The molecule has 114 valence electrons. The van der Waals surface area contributed by atoms with E-state index in [9.17, 15) is 19.2 Å². The van der Waals surface area contributed by atoms with Crippen molar-refractivity contribution < 1.29 is 33.8 Å². The van der Waals surface area contributed by atoms with Gasteiger partial charge < -0.3 is 19.9 Å². The topological polar surface area (TPSA) is 119 Å². The molecule has 0 aromatic rings. The number of ether oxygens (including phenoxy) is 2. The second kappa shape index (κ2) is 8.13. The minimum Gasteiger partial charge on any atom is -0.478 e. The zero-order valence-electron chi connectivity index (χ0n) is 11.8. The molecular formula is C12H19NO7. The molecule has 8 nitrogen and oxygen atoms in total. The third-order valence-electron chi connectivity index (χ3n) is 2.05. The van der Waals surface area contributed by atoms with Crippen LogP contribution in [0.25, 0.3) is 0 Å². The Kier molecular flexibility index (Phi) is 7.27. The number of amides is 1. The van der Waals surface area contributed by atoms with E-state index in [0.29, 0.717) is 0 Å². The van der Waals surface area contributed by atoms with E-state index in [4.69, 9.17) is 5.11 Å². The number of carbonyl (C=O) groups excluding carboxylic acids is 3. The Labute approximate surface area is 116 Å². The van der Waals surface area contributed by atoms with Crippen molar-refractivity contribution in [2.75, 3.05) is 6.54 Å². The van der Waals surface area contributed by atoms with Gasteiger partial charge >= 0.3 is 17.9 Å². The third-order valence-corrected chi connectivity index (χ3v) is 2.05. The number of aliphatic carboxylic acids is 1. The van der Waals surface area contributed by atoms with Crippen LogP contribution >= 0.6 is 0 Å². The van der Waals surface area contributed by atoms with Gasteiger partial charge in [0.05, 0.1) is 0 Å². The molecule has 0 radical (unpaired) electrons. The molecule has 2 unspecified atom stereocenters. The van der Waals surface area contributed by atoms with Crippen molar-refractivity contribution in [3.05, 3.63) is 0 Å². The fourth-order valence-electron chi connectivity index (χ4n) is 1.26. The maximum atomic E-state index is 11.9. The molecule has 8 heteroatoms. The van der Waals surface area contributed by atoms with Gasteiger partial charge in [0.2, 0.25) is 12.2 Å². The van der Waals surface area contributed by atoms with Crippen molar-refractivity contribution in [3.8, 4) is 0 Å². The molecule has 2 atom stereocenters. The molecule has 20 heavy (non-hydrogen) atoms. The van der Waals surface area contributed by atoms with Gasteiger partial charge in [-0.05, 0) is 5.92 Å². The van der Waals surface area contributed by atoms with E-state index in [1.807, 2.05) is 13.8 Å². The van der Waals surface area contributed by atoms with Gasteiger partial charge in [-0.1, -0.05) is 13.8 Å². The number of carboxylic acid groups (broad SMARTS) is 1. The van der Waals surface area contributed by atoms with Crippen LogP contribution < -0.4 is 5.32 Å². The molecule has 0 aromatic heterocycles. The third kappa shape index (κ3) is 6.72. The van der Waals surface area contributed by atoms with Crippen LogP contribution in [0.15, 0.2) is 0 Å². The Bertz CT molecular complexity index is 391. The average molecular weight is 289 g/mol. The molecule has 0 saturated carbocycles. The first kappa shape index (κ1) is 17.9. The summed E-state index contributed by atoms with van der Waals surface area (Å²) in [6.07, 6.45) is -3.61. The van der Waals surface area contributed by atoms with Crippen LogP contribution in [-0.4, -0.2) is 47.7 Å². The van der Waals surface area contributed by atoms with Gasteiger partial charge in [0, 0.05) is 20.4 Å². The summed E-state index contributed by atoms with van der Waals surface area (Å²) in [7, 11) is 0. The van der Waals surface area contributed by atoms with E-state index in [1.54, 1.807) is 0 Å². The predicted octanol–water partition coefficient (Wildman–Crippen LogP) is -0.293. The van der Waals surface area contributed by atoms with Crippen LogP contribution in [0.1, 0.15) is 27.7 Å². The lowest BCUT2D eigenvalue weighted by Crippen LogP contribution is -2.50. The van der Waals surface area contributed by atoms with Gasteiger partial charge in [0.1, 0.15) is 0 Å². The van der Waals surface area contributed by atoms with Gasteiger partial charge in [0.25, 0.3) is 5.91 Å². The van der Waals surface area contributed by atoms with Gasteiger partial charge in [-0.25, -0.2) is 4.79 Å². The first-order valence-corrected chi connectivity index (χ1v) is 6.00. The summed E-state index contributed by atoms with van der Waals surface area (Å²) in [4.78, 5) is 44.8. The van der Waals surface area contributed by atoms with Crippen molar-refractivity contribution in [2.24, 2.45) is 5.92 Å². The Morgan fingerprint density at radius 3 is 1.80 bits per heavy atom. The summed E-state index contributed by atoms with van der Waals surface area (Å²) in [5.41, 5.74) is 0. The summed E-state index contributed by atoms with van der Waals surface area (Å²) in [5.74, 6) is -4.04. The molecule has 0 aliphatic rings. The minimum absolute atomic E-state index is 0.119. The Hall–Kier alpha value is -2.12. The van der Waals surface area contributed by atoms with E-state index in [0.717, 1.165) is 13.8 Å². The van der Waals surface area contributed by atoms with E-state index in [-0.39, 0.29) is 12.5 Å². The highest BCUT2D eigenvalue weighted by Crippen LogP contribution is 2.07. The highest BCUT2D eigenvalue weighted by Gasteiger charge is 2.39. The normalized spacial score (nSPS) is 13.2. The van der Waals surface area contributed by atoms with Crippen molar-refractivity contribution in [2.45, 2.75) is 39.9 Å². The highest BCUT2D eigenvalue weighted by atomic mass is 16.6. The second-order valence-corrected chi connectivity index (χ2v) is 4.54. The SMILES string of the molecule is CC(=O)OC(C(=O)O)C(OC(C)=O)C(=O)NCC(C)C. The fraction of sp³-hybridized carbons (Fsp3) is 0.667. The summed E-state index contributed by atoms with van der Waals surface area (Å²) >= 11 is 0. The van der Waals surface area contributed by atoms with Gasteiger partial charge in [-0.2, -0.15) is 0 Å². The predicted molar refractivity (Wildman–Crippen MR) is 66.6 cm³/mol. The monoisotopic (exact) mass is 289 g/mol. The van der Waals surface area contributed by atoms with E-state index in [2.05, 4.69) is 14.8 Å². The number of hydrogen-bond acceptors (Lipinski definition) is 6. The number of nitrogens with one attached hydrogen (secondary N) is 1. The highest BCUT2D eigenvalue weighted by molar-refractivity contribution is 5.90.